The number of imidazole rings is 1. The van der Waals surface area contributed by atoms with Crippen LogP contribution in [0.15, 0.2) is 64.9 Å². The molecule has 2 atom stereocenters. The van der Waals surface area contributed by atoms with Crippen LogP contribution in [0, 0.1) is 0 Å². The highest BCUT2D eigenvalue weighted by molar-refractivity contribution is 7.91. The van der Waals surface area contributed by atoms with E-state index in [0.717, 1.165) is 0 Å². The summed E-state index contributed by atoms with van der Waals surface area (Å²) in [5, 5.41) is 0.0802. The van der Waals surface area contributed by atoms with E-state index in [1.165, 1.54) is 50.2 Å². The lowest BCUT2D eigenvalue weighted by Crippen LogP contribution is -2.28. The lowest BCUT2D eigenvalue weighted by Gasteiger charge is -2.19. The molecule has 210 valence electrons. The fraction of sp³-hybridized carbons (Fsp3) is 0.320. The van der Waals surface area contributed by atoms with Gasteiger partial charge in [0, 0.05) is 26.2 Å². The van der Waals surface area contributed by atoms with Gasteiger partial charge in [0.1, 0.15) is 30.8 Å². The molecule has 0 radical (unpaired) electrons. The van der Waals surface area contributed by atoms with E-state index in [4.69, 9.17) is 53.8 Å². The molecule has 1 heterocycles. The Morgan fingerprint density at radius 1 is 0.897 bits per heavy atom. The molecule has 0 bridgehead atoms. The van der Waals surface area contributed by atoms with E-state index in [-0.39, 0.29) is 50.4 Å². The van der Waals surface area contributed by atoms with Crippen LogP contribution >= 0.6 is 34.8 Å². The van der Waals surface area contributed by atoms with Gasteiger partial charge in [0.25, 0.3) is 0 Å². The van der Waals surface area contributed by atoms with Crippen molar-refractivity contribution in [2.24, 2.45) is 0 Å². The number of carbonyl (C=O) groups is 2. The van der Waals surface area contributed by atoms with Crippen molar-refractivity contribution in [3.63, 3.8) is 0 Å². The molecule has 14 heteroatoms. The average Bonchev–Trinajstić information content (AvgIpc) is 3.38. The minimum absolute atomic E-state index is 0.0130. The molecule has 3 rings (SSSR count). The zero-order valence-electron chi connectivity index (χ0n) is 20.9. The molecule has 3 aromatic rings. The first-order chi connectivity index (χ1) is 18.5. The minimum atomic E-state index is -4.00. The number of hydrogen-bond donors (Lipinski definition) is 0. The predicted molar refractivity (Wildman–Crippen MR) is 143 cm³/mol. The Morgan fingerprint density at radius 3 is 1.85 bits per heavy atom. The van der Waals surface area contributed by atoms with Gasteiger partial charge in [0.05, 0.1) is 38.6 Å². The maximum Gasteiger partial charge on any atom is 0.303 e. The zero-order chi connectivity index (χ0) is 28.6. The maximum absolute atomic E-state index is 13.2. The Hall–Kier alpha value is -2.99. The molecular formula is C25H25Cl3N2O8S. The van der Waals surface area contributed by atoms with Gasteiger partial charge in [-0.1, -0.05) is 23.2 Å². The van der Waals surface area contributed by atoms with Crippen molar-refractivity contribution in [1.29, 1.82) is 0 Å². The molecule has 0 saturated heterocycles. The van der Waals surface area contributed by atoms with Crippen molar-refractivity contribution in [3.05, 3.63) is 65.2 Å². The number of aromatic nitrogens is 2. The van der Waals surface area contributed by atoms with Gasteiger partial charge in [-0.3, -0.25) is 9.59 Å². The van der Waals surface area contributed by atoms with Crippen LogP contribution in [0.25, 0.3) is 0 Å². The normalized spacial score (nSPS) is 12.8. The predicted octanol–water partition coefficient (Wildman–Crippen LogP) is 4.58. The Morgan fingerprint density at radius 2 is 1.41 bits per heavy atom. The van der Waals surface area contributed by atoms with Crippen molar-refractivity contribution in [1.82, 2.24) is 9.55 Å². The van der Waals surface area contributed by atoms with Crippen molar-refractivity contribution in [3.8, 4) is 11.5 Å². The number of ether oxygens (including phenoxy) is 4. The first-order valence-electron chi connectivity index (χ1n) is 11.5. The van der Waals surface area contributed by atoms with Crippen LogP contribution in [0.2, 0.25) is 10.0 Å². The summed E-state index contributed by atoms with van der Waals surface area (Å²) >= 11 is 18.3. The molecular weight excluding hydrogens is 595 g/mol. The Kier molecular flexibility index (Phi) is 10.9. The molecule has 0 N–H and O–H groups in total. The Balaban J connectivity index is 1.70. The number of esters is 2. The first kappa shape index (κ1) is 30.6. The smallest absolute Gasteiger partial charge is 0.303 e. The number of alkyl halides is 1. The average molecular weight is 620 g/mol. The van der Waals surface area contributed by atoms with Gasteiger partial charge in [-0.25, -0.2) is 13.4 Å². The van der Waals surface area contributed by atoms with Crippen molar-refractivity contribution in [2.75, 3.05) is 19.1 Å². The fourth-order valence-corrected chi connectivity index (χ4v) is 5.43. The minimum Gasteiger partial charge on any atom is -0.488 e. The molecule has 0 aliphatic rings. The third-order valence-electron chi connectivity index (χ3n) is 5.09. The van der Waals surface area contributed by atoms with Gasteiger partial charge in [-0.15, -0.1) is 11.6 Å². The van der Waals surface area contributed by atoms with Gasteiger partial charge in [-0.05, 0) is 36.4 Å². The second-order valence-electron chi connectivity index (χ2n) is 8.19. The second-order valence-corrected chi connectivity index (χ2v) is 11.3. The van der Waals surface area contributed by atoms with Crippen molar-refractivity contribution < 1.29 is 37.0 Å². The SMILES string of the molecule is CC(=O)O[C@H](COc1ccc(S(=O)(=O)c2ccc(OC[C@H](CCl)OC(C)=O)c(Cl)c2)cc1Cl)Cn1ccnc1. The molecule has 0 amide bonds. The second kappa shape index (κ2) is 13.9. The number of halogens is 3. The molecule has 10 nitrogen and oxygen atoms in total. The molecule has 0 aliphatic carbocycles. The standard InChI is InChI=1S/C25H25Cl3N2O8S/c1-16(31)37-18(11-26)13-35-24-5-3-20(9-22(24)27)39(33,34)21-4-6-25(23(28)10-21)36-14-19(38-17(2)32)12-30-8-7-29-15-30/h3-10,15,18-19H,11-14H2,1-2H3/t18-,19-/m0/s1. The maximum atomic E-state index is 13.2. The van der Waals surface area contributed by atoms with Crippen LogP contribution in [0.4, 0.5) is 0 Å². The van der Waals surface area contributed by atoms with E-state index in [1.807, 2.05) is 0 Å². The van der Waals surface area contributed by atoms with Crippen LogP contribution < -0.4 is 9.47 Å². The molecule has 0 aliphatic heterocycles. The number of nitrogens with zero attached hydrogens (tertiary/aromatic N) is 2. The lowest BCUT2D eigenvalue weighted by molar-refractivity contribution is -0.148. The van der Waals surface area contributed by atoms with Gasteiger partial charge >= 0.3 is 11.9 Å². The van der Waals surface area contributed by atoms with E-state index in [1.54, 1.807) is 23.3 Å². The molecule has 0 fully saturated rings. The quantitative estimate of drug-likeness (QED) is 0.200. The Bertz CT molecular complexity index is 1400. The number of hydrogen-bond acceptors (Lipinski definition) is 9. The summed E-state index contributed by atoms with van der Waals surface area (Å²) in [5.41, 5.74) is 0. The van der Waals surface area contributed by atoms with Gasteiger partial charge in [0.2, 0.25) is 9.84 Å². The van der Waals surface area contributed by atoms with Gasteiger partial charge < -0.3 is 23.5 Å². The molecule has 39 heavy (non-hydrogen) atoms. The summed E-state index contributed by atoms with van der Waals surface area (Å²) in [5.74, 6) is -0.571. The monoisotopic (exact) mass is 618 g/mol. The van der Waals surface area contributed by atoms with Crippen LogP contribution in [0.3, 0.4) is 0 Å². The van der Waals surface area contributed by atoms with E-state index in [0.29, 0.717) is 6.54 Å². The molecule has 0 spiro atoms. The van der Waals surface area contributed by atoms with Crippen molar-refractivity contribution >= 4 is 56.6 Å². The molecule has 1 aromatic heterocycles. The third kappa shape index (κ3) is 8.76. The van der Waals surface area contributed by atoms with Crippen LogP contribution in [0.1, 0.15) is 13.8 Å². The largest absolute Gasteiger partial charge is 0.488 e. The topological polar surface area (TPSA) is 123 Å². The van der Waals surface area contributed by atoms with Crippen LogP contribution in [-0.4, -0.2) is 61.2 Å². The summed E-state index contributed by atoms with van der Waals surface area (Å²) in [6.07, 6.45) is 3.56. The van der Waals surface area contributed by atoms with Crippen molar-refractivity contribution in [2.45, 2.75) is 42.4 Å². The summed E-state index contributed by atoms with van der Waals surface area (Å²) < 4.78 is 49.7. The first-order valence-corrected chi connectivity index (χ1v) is 14.2. The number of benzene rings is 2. The summed E-state index contributed by atoms with van der Waals surface area (Å²) in [4.78, 5) is 26.4. The number of carbonyl (C=O) groups excluding carboxylic acids is 2. The van der Waals surface area contributed by atoms with E-state index >= 15 is 0 Å². The Labute approximate surface area is 240 Å². The van der Waals surface area contributed by atoms with E-state index < -0.39 is 34.0 Å². The number of sulfone groups is 1. The molecule has 2 aromatic carbocycles. The van der Waals surface area contributed by atoms with E-state index in [2.05, 4.69) is 4.98 Å². The molecule has 0 saturated carbocycles. The summed E-state index contributed by atoms with van der Waals surface area (Å²) in [6.45, 7) is 2.76. The highest BCUT2D eigenvalue weighted by atomic mass is 35.5. The van der Waals surface area contributed by atoms with E-state index in [9.17, 15) is 18.0 Å². The highest BCUT2D eigenvalue weighted by Gasteiger charge is 2.22. The van der Waals surface area contributed by atoms with Gasteiger partial charge in [0.15, 0.2) is 6.10 Å². The highest BCUT2D eigenvalue weighted by Crippen LogP contribution is 2.33. The summed E-state index contributed by atoms with van der Waals surface area (Å²) in [6, 6.07) is 7.98. The van der Waals surface area contributed by atoms with Crippen LogP contribution in [-0.2, 0) is 35.4 Å². The van der Waals surface area contributed by atoms with Crippen LogP contribution in [0.5, 0.6) is 11.5 Å². The fourth-order valence-electron chi connectivity index (χ4n) is 3.37. The third-order valence-corrected chi connectivity index (χ3v) is 7.77. The van der Waals surface area contributed by atoms with Gasteiger partial charge in [-0.2, -0.15) is 0 Å². The number of rotatable bonds is 13. The zero-order valence-corrected chi connectivity index (χ0v) is 24.0. The molecule has 0 unspecified atom stereocenters. The lowest BCUT2D eigenvalue weighted by atomic mass is 10.3. The summed E-state index contributed by atoms with van der Waals surface area (Å²) in [7, 11) is -4.00.